The summed E-state index contributed by atoms with van der Waals surface area (Å²) in [6.07, 6.45) is 0. The highest BCUT2D eigenvalue weighted by Crippen LogP contribution is 2.30. The zero-order valence-corrected chi connectivity index (χ0v) is 17.9. The second-order valence-electron chi connectivity index (χ2n) is 7.04. The van der Waals surface area contributed by atoms with Crippen LogP contribution in [0.15, 0.2) is 18.2 Å². The van der Waals surface area contributed by atoms with E-state index < -0.39 is 0 Å². The van der Waals surface area contributed by atoms with E-state index in [1.54, 1.807) is 21.7 Å². The minimum Gasteiger partial charge on any atom is -0.350 e. The molecule has 3 rings (SSSR count). The number of pyridine rings is 2. The number of rotatable bonds is 5. The van der Waals surface area contributed by atoms with Crippen molar-refractivity contribution in [2.24, 2.45) is 7.05 Å². The quantitative estimate of drug-likeness (QED) is 0.626. The van der Waals surface area contributed by atoms with Gasteiger partial charge >= 0.3 is 0 Å². The van der Waals surface area contributed by atoms with E-state index in [-0.39, 0.29) is 22.8 Å². The van der Waals surface area contributed by atoms with E-state index in [4.69, 9.17) is 28.2 Å². The summed E-state index contributed by atoms with van der Waals surface area (Å²) >= 11 is 11.8. The molecule has 0 aliphatic carbocycles. The van der Waals surface area contributed by atoms with Crippen LogP contribution in [0.1, 0.15) is 31.0 Å². The van der Waals surface area contributed by atoms with Crippen molar-refractivity contribution in [2.75, 3.05) is 23.8 Å². The monoisotopic (exact) mass is 420 g/mol. The van der Waals surface area contributed by atoms with Crippen molar-refractivity contribution in [1.29, 1.82) is 0 Å². The number of halogens is 2. The Morgan fingerprint density at radius 1 is 1.21 bits per heavy atom. The number of hydrogen-bond donors (Lipinski definition) is 1. The second-order valence-corrected chi connectivity index (χ2v) is 7.81. The van der Waals surface area contributed by atoms with Crippen LogP contribution in [-0.2, 0) is 11.8 Å². The van der Waals surface area contributed by atoms with Crippen molar-refractivity contribution in [3.05, 3.63) is 39.8 Å². The number of carbonyl (C=O) groups excluding carboxylic acids is 1. The molecule has 1 amide bonds. The fraction of sp³-hybridized carbons (Fsp3) is 0.368. The Morgan fingerprint density at radius 2 is 1.86 bits per heavy atom. The summed E-state index contributed by atoms with van der Waals surface area (Å²) in [5.41, 5.74) is 3.41. The van der Waals surface area contributed by atoms with Crippen molar-refractivity contribution in [3.63, 3.8) is 0 Å². The van der Waals surface area contributed by atoms with Gasteiger partial charge in [-0.2, -0.15) is 5.10 Å². The smallest absolute Gasteiger partial charge is 0.243 e. The van der Waals surface area contributed by atoms with Crippen molar-refractivity contribution in [2.45, 2.75) is 26.7 Å². The van der Waals surface area contributed by atoms with E-state index in [9.17, 15) is 4.79 Å². The summed E-state index contributed by atoms with van der Waals surface area (Å²) in [6.45, 7) is 6.37. The number of likely N-dealkylation sites (N-methyl/N-ethyl adjacent to an activating group) is 1. The summed E-state index contributed by atoms with van der Waals surface area (Å²) in [5, 5.41) is 8.78. The Labute approximate surface area is 173 Å². The molecule has 0 spiro atoms. The number of carbonyl (C=O) groups is 1. The van der Waals surface area contributed by atoms with E-state index in [2.05, 4.69) is 29.2 Å². The lowest BCUT2D eigenvalue weighted by atomic mass is 9.99. The number of aryl methyl sites for hydroxylation is 2. The Balaban J connectivity index is 1.85. The number of anilines is 2. The molecule has 9 heteroatoms. The summed E-state index contributed by atoms with van der Waals surface area (Å²) < 4.78 is 1.77. The van der Waals surface area contributed by atoms with Crippen LogP contribution in [0, 0.1) is 6.92 Å². The third-order valence-corrected chi connectivity index (χ3v) is 4.81. The second kappa shape index (κ2) is 7.93. The average molecular weight is 421 g/mol. The predicted molar refractivity (Wildman–Crippen MR) is 113 cm³/mol. The van der Waals surface area contributed by atoms with Gasteiger partial charge in [-0.3, -0.25) is 9.48 Å². The molecule has 0 unspecified atom stereocenters. The molecule has 7 nitrogen and oxygen atoms in total. The summed E-state index contributed by atoms with van der Waals surface area (Å²) in [6, 6.07) is 5.12. The van der Waals surface area contributed by atoms with Gasteiger partial charge in [0.2, 0.25) is 5.91 Å². The molecule has 0 aromatic carbocycles. The van der Waals surface area contributed by atoms with Gasteiger partial charge < -0.3 is 10.2 Å². The number of nitrogens with zero attached hydrogens (tertiary/aromatic N) is 5. The number of fused-ring (bicyclic) bond motifs is 1. The molecule has 0 radical (unpaired) electrons. The summed E-state index contributed by atoms with van der Waals surface area (Å²) in [7, 11) is 3.70. The standard InChI is InChI=1S/C19H22Cl2N6O/c1-10(2)13-8-16(24-19-18(13)11(3)25-27(19)5)26(4)9-17(28)22-12-6-14(20)23-15(21)7-12/h6-8,10H,9H2,1-5H3,(H,22,23,28). The Hall–Kier alpha value is -2.38. The van der Waals surface area contributed by atoms with E-state index in [0.29, 0.717) is 17.4 Å². The minimum absolute atomic E-state index is 0.116. The maximum atomic E-state index is 12.5. The number of nitrogens with one attached hydrogen (secondary N) is 1. The highest BCUT2D eigenvalue weighted by molar-refractivity contribution is 6.33. The molecule has 0 saturated heterocycles. The third-order valence-electron chi connectivity index (χ3n) is 4.43. The normalized spacial score (nSPS) is 11.3. The topological polar surface area (TPSA) is 75.9 Å². The SMILES string of the molecule is Cc1nn(C)c2nc(N(C)CC(=O)Nc3cc(Cl)nc(Cl)c3)cc(C(C)C)c12. The highest BCUT2D eigenvalue weighted by Gasteiger charge is 2.18. The van der Waals surface area contributed by atoms with Crippen LogP contribution in [0.3, 0.4) is 0 Å². The lowest BCUT2D eigenvalue weighted by Gasteiger charge is -2.20. The first-order valence-electron chi connectivity index (χ1n) is 8.84. The van der Waals surface area contributed by atoms with Crippen molar-refractivity contribution >= 4 is 51.6 Å². The molecule has 0 aliphatic heterocycles. The van der Waals surface area contributed by atoms with E-state index >= 15 is 0 Å². The minimum atomic E-state index is -0.213. The number of hydrogen-bond acceptors (Lipinski definition) is 5. The van der Waals surface area contributed by atoms with E-state index in [0.717, 1.165) is 22.3 Å². The maximum Gasteiger partial charge on any atom is 0.243 e. The van der Waals surface area contributed by atoms with Crippen LogP contribution in [-0.4, -0.2) is 39.2 Å². The van der Waals surface area contributed by atoms with Crippen molar-refractivity contribution in [3.8, 4) is 0 Å². The van der Waals surface area contributed by atoms with Gasteiger partial charge in [0.15, 0.2) is 5.65 Å². The Bertz CT molecular complexity index is 1030. The summed E-state index contributed by atoms with van der Waals surface area (Å²) in [5.74, 6) is 0.797. The predicted octanol–water partition coefficient (Wildman–Crippen LogP) is 4.18. The molecule has 0 bridgehead atoms. The van der Waals surface area contributed by atoms with Crippen LogP contribution in [0.5, 0.6) is 0 Å². The largest absolute Gasteiger partial charge is 0.350 e. The molecule has 0 aliphatic rings. The van der Waals surface area contributed by atoms with Gasteiger partial charge in [-0.15, -0.1) is 0 Å². The lowest BCUT2D eigenvalue weighted by molar-refractivity contribution is -0.114. The van der Waals surface area contributed by atoms with Crippen molar-refractivity contribution < 1.29 is 4.79 Å². The zero-order valence-electron chi connectivity index (χ0n) is 16.4. The molecule has 28 heavy (non-hydrogen) atoms. The molecule has 3 aromatic rings. The molecular formula is C19H22Cl2N6O. The van der Waals surface area contributed by atoms with Crippen LogP contribution in [0.4, 0.5) is 11.5 Å². The third kappa shape index (κ3) is 4.20. The van der Waals surface area contributed by atoms with Gasteiger partial charge in [0.05, 0.1) is 12.2 Å². The molecule has 0 saturated carbocycles. The molecule has 0 fully saturated rings. The fourth-order valence-electron chi connectivity index (χ4n) is 3.15. The Morgan fingerprint density at radius 3 is 2.46 bits per heavy atom. The zero-order chi connectivity index (χ0) is 20.6. The molecule has 1 N–H and O–H groups in total. The van der Waals surface area contributed by atoms with Crippen molar-refractivity contribution in [1.82, 2.24) is 19.7 Å². The van der Waals surface area contributed by atoms with E-state index in [1.807, 2.05) is 27.1 Å². The van der Waals surface area contributed by atoms with Gasteiger partial charge in [0.25, 0.3) is 0 Å². The molecule has 3 aromatic heterocycles. The first-order valence-corrected chi connectivity index (χ1v) is 9.59. The molecule has 0 atom stereocenters. The Kier molecular flexibility index (Phi) is 5.76. The highest BCUT2D eigenvalue weighted by atomic mass is 35.5. The van der Waals surface area contributed by atoms with Crippen LogP contribution < -0.4 is 10.2 Å². The molecule has 3 heterocycles. The first-order chi connectivity index (χ1) is 13.2. The average Bonchev–Trinajstić information content (AvgIpc) is 2.87. The van der Waals surface area contributed by atoms with Crippen LogP contribution in [0.25, 0.3) is 11.0 Å². The van der Waals surface area contributed by atoms with Gasteiger partial charge in [-0.25, -0.2) is 9.97 Å². The molecule has 148 valence electrons. The first kappa shape index (κ1) is 20.4. The lowest BCUT2D eigenvalue weighted by Crippen LogP contribution is -2.30. The number of amides is 1. The van der Waals surface area contributed by atoms with Gasteiger partial charge in [-0.05, 0) is 36.6 Å². The van der Waals surface area contributed by atoms with Gasteiger partial charge in [-0.1, -0.05) is 37.0 Å². The fourth-order valence-corrected chi connectivity index (χ4v) is 3.61. The van der Waals surface area contributed by atoms with E-state index in [1.165, 1.54) is 0 Å². The summed E-state index contributed by atoms with van der Waals surface area (Å²) in [4.78, 5) is 22.9. The molecular weight excluding hydrogens is 399 g/mol. The number of aromatic nitrogens is 4. The van der Waals surface area contributed by atoms with Gasteiger partial charge in [0.1, 0.15) is 16.1 Å². The van der Waals surface area contributed by atoms with Crippen LogP contribution in [0.2, 0.25) is 10.3 Å². The maximum absolute atomic E-state index is 12.5. The van der Waals surface area contributed by atoms with Gasteiger partial charge in [0, 0.05) is 25.2 Å². The van der Waals surface area contributed by atoms with Crippen LogP contribution >= 0.6 is 23.2 Å².